The maximum absolute atomic E-state index is 12.7. The van der Waals surface area contributed by atoms with Crippen LogP contribution in [-0.4, -0.2) is 52.2 Å². The molecule has 8 heteroatoms. The predicted molar refractivity (Wildman–Crippen MR) is 106 cm³/mol. The maximum Gasteiger partial charge on any atom is 0.310 e. The Morgan fingerprint density at radius 1 is 1.33 bits per heavy atom. The van der Waals surface area contributed by atoms with Crippen LogP contribution in [0.15, 0.2) is 11.4 Å². The second kappa shape index (κ2) is 8.14. The summed E-state index contributed by atoms with van der Waals surface area (Å²) in [5.41, 5.74) is 1.38. The molecule has 4 rings (SSSR count). The molecule has 0 radical (unpaired) electrons. The second-order valence-corrected chi connectivity index (χ2v) is 8.98. The summed E-state index contributed by atoms with van der Waals surface area (Å²) in [6, 6.07) is 0. The Morgan fingerprint density at radius 2 is 2.22 bits per heavy atom. The van der Waals surface area contributed by atoms with Crippen LogP contribution in [-0.2, 0) is 27.2 Å². The van der Waals surface area contributed by atoms with E-state index in [1.54, 1.807) is 22.6 Å². The molecular weight excluding hydrogens is 382 g/mol. The summed E-state index contributed by atoms with van der Waals surface area (Å²) < 4.78 is 5.12. The fraction of sp³-hybridized carbons (Fsp3) is 0.579. The third-order valence-corrected chi connectivity index (χ3v) is 7.37. The molecule has 1 fully saturated rings. The number of fused-ring (bicyclic) bond motifs is 3. The predicted octanol–water partition coefficient (Wildman–Crippen LogP) is 3.07. The molecule has 3 heterocycles. The highest BCUT2D eigenvalue weighted by Gasteiger charge is 2.29. The molecule has 0 bridgehead atoms. The number of carbonyl (C=O) groups excluding carboxylic acids is 2. The number of thioether (sulfide) groups is 1. The topological polar surface area (TPSA) is 72.4 Å². The largest absolute Gasteiger partial charge is 0.466 e. The zero-order valence-electron chi connectivity index (χ0n) is 15.4. The molecule has 2 aromatic heterocycles. The molecule has 1 saturated heterocycles. The van der Waals surface area contributed by atoms with E-state index in [-0.39, 0.29) is 17.8 Å². The monoisotopic (exact) mass is 405 g/mol. The van der Waals surface area contributed by atoms with Gasteiger partial charge in [-0.05, 0) is 44.6 Å². The number of esters is 1. The van der Waals surface area contributed by atoms with E-state index in [1.165, 1.54) is 28.6 Å². The van der Waals surface area contributed by atoms with Crippen LogP contribution < -0.4 is 0 Å². The van der Waals surface area contributed by atoms with Gasteiger partial charge in [0, 0.05) is 23.4 Å². The van der Waals surface area contributed by atoms with Crippen molar-refractivity contribution in [2.75, 3.05) is 25.4 Å². The van der Waals surface area contributed by atoms with Gasteiger partial charge in [-0.3, -0.25) is 9.59 Å². The first-order chi connectivity index (χ1) is 13.2. The number of piperidine rings is 1. The Kier molecular flexibility index (Phi) is 5.63. The number of hydrogen-bond acceptors (Lipinski definition) is 7. The fourth-order valence-corrected chi connectivity index (χ4v) is 6.11. The molecule has 144 valence electrons. The Balaban J connectivity index is 1.42. The summed E-state index contributed by atoms with van der Waals surface area (Å²) in [5, 5.41) is 2.06. The first-order valence-corrected chi connectivity index (χ1v) is 11.3. The third kappa shape index (κ3) is 3.82. The number of aryl methyl sites for hydroxylation is 2. The van der Waals surface area contributed by atoms with Crippen molar-refractivity contribution >= 4 is 45.2 Å². The molecule has 1 aliphatic carbocycles. The normalized spacial score (nSPS) is 19.3. The lowest BCUT2D eigenvalue weighted by atomic mass is 9.98. The second-order valence-electron chi connectivity index (χ2n) is 6.94. The minimum atomic E-state index is -0.196. The molecule has 0 unspecified atom stereocenters. The van der Waals surface area contributed by atoms with Crippen LogP contribution in [0.4, 0.5) is 0 Å². The smallest absolute Gasteiger partial charge is 0.310 e. The van der Waals surface area contributed by atoms with E-state index in [1.807, 2.05) is 6.92 Å². The number of aromatic nitrogens is 2. The molecule has 1 amide bonds. The minimum Gasteiger partial charge on any atom is -0.466 e. The van der Waals surface area contributed by atoms with E-state index in [9.17, 15) is 9.59 Å². The van der Waals surface area contributed by atoms with E-state index in [4.69, 9.17) is 4.74 Å². The van der Waals surface area contributed by atoms with Gasteiger partial charge in [-0.1, -0.05) is 11.8 Å². The highest BCUT2D eigenvalue weighted by molar-refractivity contribution is 8.00. The molecule has 1 atom stereocenters. The average Bonchev–Trinajstić information content (AvgIpc) is 3.27. The number of hydrogen-bond donors (Lipinski definition) is 0. The van der Waals surface area contributed by atoms with Crippen molar-refractivity contribution in [2.24, 2.45) is 5.92 Å². The summed E-state index contributed by atoms with van der Waals surface area (Å²) in [4.78, 5) is 37.8. The van der Waals surface area contributed by atoms with Gasteiger partial charge in [-0.25, -0.2) is 9.97 Å². The Morgan fingerprint density at radius 3 is 3.07 bits per heavy atom. The van der Waals surface area contributed by atoms with Gasteiger partial charge in [0.1, 0.15) is 16.2 Å². The summed E-state index contributed by atoms with van der Waals surface area (Å²) in [7, 11) is 0. The van der Waals surface area contributed by atoms with Gasteiger partial charge in [0.05, 0.1) is 18.3 Å². The zero-order valence-corrected chi connectivity index (χ0v) is 17.0. The van der Waals surface area contributed by atoms with Crippen molar-refractivity contribution < 1.29 is 14.3 Å². The molecule has 2 aliphatic rings. The van der Waals surface area contributed by atoms with Crippen molar-refractivity contribution in [2.45, 2.75) is 44.1 Å². The quantitative estimate of drug-likeness (QED) is 0.432. The number of ether oxygens (including phenoxy) is 1. The van der Waals surface area contributed by atoms with Crippen molar-refractivity contribution in [3.8, 4) is 0 Å². The average molecular weight is 406 g/mol. The Bertz CT molecular complexity index is 867. The number of likely N-dealkylation sites (tertiary alicyclic amines) is 1. The van der Waals surface area contributed by atoms with Crippen LogP contribution in [0, 0.1) is 5.92 Å². The van der Waals surface area contributed by atoms with Gasteiger partial charge in [-0.15, -0.1) is 11.3 Å². The standard InChI is InChI=1S/C19H23N3O3S2/c1-2-25-19(24)12-5-4-8-22(9-12)15(23)10-26-17-16-13-6-3-7-14(13)27-18(16)21-11-20-17/h11-12H,2-10H2,1H3/t12-/m1/s1. The fourth-order valence-electron chi connectivity index (χ4n) is 3.89. The SMILES string of the molecule is CCOC(=O)[C@@H]1CCCN(C(=O)CSc2ncnc3sc4c(c23)CCC4)C1. The molecular formula is C19H23N3O3S2. The van der Waals surface area contributed by atoms with Gasteiger partial charge in [0.25, 0.3) is 0 Å². The van der Waals surface area contributed by atoms with Crippen LogP contribution in [0.5, 0.6) is 0 Å². The molecule has 0 saturated carbocycles. The zero-order chi connectivity index (χ0) is 18.8. The van der Waals surface area contributed by atoms with Gasteiger partial charge in [0.15, 0.2) is 0 Å². The van der Waals surface area contributed by atoms with E-state index < -0.39 is 0 Å². The summed E-state index contributed by atoms with van der Waals surface area (Å²) in [6.45, 7) is 3.37. The number of thiophene rings is 1. The number of rotatable bonds is 5. The number of amides is 1. The molecule has 0 N–H and O–H groups in total. The van der Waals surface area contributed by atoms with Gasteiger partial charge in [0.2, 0.25) is 5.91 Å². The highest BCUT2D eigenvalue weighted by Crippen LogP contribution is 2.40. The molecule has 1 aliphatic heterocycles. The van der Waals surface area contributed by atoms with Crippen molar-refractivity contribution in [1.82, 2.24) is 14.9 Å². The van der Waals surface area contributed by atoms with Gasteiger partial charge in [-0.2, -0.15) is 0 Å². The van der Waals surface area contributed by atoms with Gasteiger partial charge >= 0.3 is 5.97 Å². The van der Waals surface area contributed by atoms with Crippen molar-refractivity contribution in [1.29, 1.82) is 0 Å². The molecule has 27 heavy (non-hydrogen) atoms. The Labute approximate surface area is 166 Å². The highest BCUT2D eigenvalue weighted by atomic mass is 32.2. The third-order valence-electron chi connectivity index (χ3n) is 5.19. The van der Waals surface area contributed by atoms with Crippen LogP contribution in [0.3, 0.4) is 0 Å². The lowest BCUT2D eigenvalue weighted by Crippen LogP contribution is -2.43. The number of carbonyl (C=O) groups is 2. The Hall–Kier alpha value is -1.67. The van der Waals surface area contributed by atoms with E-state index in [0.717, 1.165) is 40.9 Å². The summed E-state index contributed by atoms with van der Waals surface area (Å²) in [6.07, 6.45) is 6.63. The molecule has 2 aromatic rings. The lowest BCUT2D eigenvalue weighted by molar-refractivity contribution is -0.151. The van der Waals surface area contributed by atoms with E-state index in [0.29, 0.717) is 25.4 Å². The lowest BCUT2D eigenvalue weighted by Gasteiger charge is -2.31. The van der Waals surface area contributed by atoms with E-state index in [2.05, 4.69) is 9.97 Å². The first-order valence-electron chi connectivity index (χ1n) is 9.49. The minimum absolute atomic E-state index is 0.0626. The van der Waals surface area contributed by atoms with Crippen molar-refractivity contribution in [3.05, 3.63) is 16.8 Å². The molecule has 0 spiro atoms. The van der Waals surface area contributed by atoms with Crippen LogP contribution >= 0.6 is 23.1 Å². The van der Waals surface area contributed by atoms with E-state index >= 15 is 0 Å². The van der Waals surface area contributed by atoms with Gasteiger partial charge < -0.3 is 9.64 Å². The number of nitrogens with zero attached hydrogens (tertiary/aromatic N) is 3. The molecule has 0 aromatic carbocycles. The summed E-state index contributed by atoms with van der Waals surface area (Å²) in [5.74, 6) is 0.0203. The first kappa shape index (κ1) is 18.7. The molecule has 6 nitrogen and oxygen atoms in total. The van der Waals surface area contributed by atoms with Crippen molar-refractivity contribution in [3.63, 3.8) is 0 Å². The van der Waals surface area contributed by atoms with Crippen LogP contribution in [0.2, 0.25) is 0 Å². The maximum atomic E-state index is 12.7. The van der Waals surface area contributed by atoms with Crippen LogP contribution in [0.1, 0.15) is 36.6 Å². The van der Waals surface area contributed by atoms with Crippen LogP contribution in [0.25, 0.3) is 10.2 Å². The summed E-state index contributed by atoms with van der Waals surface area (Å²) >= 11 is 3.25.